The average molecular weight is 343 g/mol. The fraction of sp³-hybridized carbons (Fsp3) is 0.444. The van der Waals surface area contributed by atoms with Crippen LogP contribution in [0.5, 0.6) is 0 Å². The van der Waals surface area contributed by atoms with Crippen LogP contribution in [0.2, 0.25) is 0 Å². The molecule has 2 amide bonds. The number of urea groups is 1. The third-order valence-electron chi connectivity index (χ3n) is 4.27. The molecule has 7 heteroatoms. The monoisotopic (exact) mass is 343 g/mol. The van der Waals surface area contributed by atoms with Crippen LogP contribution in [0.3, 0.4) is 0 Å². The molecule has 134 valence electrons. The van der Waals surface area contributed by atoms with Crippen LogP contribution in [-0.4, -0.2) is 53.6 Å². The van der Waals surface area contributed by atoms with Crippen molar-refractivity contribution in [3.63, 3.8) is 0 Å². The summed E-state index contributed by atoms with van der Waals surface area (Å²) in [4.78, 5) is 14.5. The second-order valence-corrected chi connectivity index (χ2v) is 6.29. The Bertz CT molecular complexity index is 673. The molecular weight excluding hydrogens is 318 g/mol. The smallest absolute Gasteiger partial charge is 0.319 e. The molecule has 1 aliphatic rings. The third-order valence-corrected chi connectivity index (χ3v) is 4.27. The van der Waals surface area contributed by atoms with Crippen molar-refractivity contribution in [1.29, 1.82) is 0 Å². The van der Waals surface area contributed by atoms with Crippen LogP contribution in [0.1, 0.15) is 12.0 Å². The molecule has 0 spiro atoms. The number of amides is 2. The molecule has 1 aromatic carbocycles. The number of anilines is 1. The lowest BCUT2D eigenvalue weighted by atomic mass is 10.2. The number of likely N-dealkylation sites (tertiary alicyclic amines) is 1. The molecule has 2 aromatic rings. The highest BCUT2D eigenvalue weighted by atomic mass is 16.5. The number of carbonyl (C=O) groups is 1. The number of aromatic nitrogens is 2. The predicted molar refractivity (Wildman–Crippen MR) is 96.4 cm³/mol. The van der Waals surface area contributed by atoms with E-state index in [1.165, 1.54) is 5.56 Å². The van der Waals surface area contributed by atoms with Gasteiger partial charge < -0.3 is 15.4 Å². The standard InChI is InChI=1S/C18H25N5O2/c1-25-10-9-23-14-17(11-19-23)21-18(24)20-16-7-8-22(13-16)12-15-5-3-2-4-6-15/h2-6,11,14,16H,7-10,12-13H2,1H3,(H2,20,21,24)/t16-/m1/s1. The van der Waals surface area contributed by atoms with Gasteiger partial charge in [-0.15, -0.1) is 0 Å². The summed E-state index contributed by atoms with van der Waals surface area (Å²) in [6.45, 7) is 4.04. The minimum atomic E-state index is -0.183. The van der Waals surface area contributed by atoms with Gasteiger partial charge in [-0.3, -0.25) is 9.58 Å². The summed E-state index contributed by atoms with van der Waals surface area (Å²) in [6.07, 6.45) is 4.41. The maximum atomic E-state index is 12.2. The molecule has 25 heavy (non-hydrogen) atoms. The molecule has 7 nitrogen and oxygen atoms in total. The second kappa shape index (κ2) is 8.64. The number of methoxy groups -OCH3 is 1. The van der Waals surface area contributed by atoms with Gasteiger partial charge in [0.2, 0.25) is 0 Å². The van der Waals surface area contributed by atoms with Crippen LogP contribution in [0.25, 0.3) is 0 Å². The molecule has 1 saturated heterocycles. The van der Waals surface area contributed by atoms with Gasteiger partial charge in [0.05, 0.1) is 25.0 Å². The van der Waals surface area contributed by atoms with Crippen LogP contribution < -0.4 is 10.6 Å². The molecule has 0 unspecified atom stereocenters. The predicted octanol–water partition coefficient (Wildman–Crippen LogP) is 1.93. The lowest BCUT2D eigenvalue weighted by molar-refractivity contribution is 0.183. The lowest BCUT2D eigenvalue weighted by Crippen LogP contribution is -2.39. The molecule has 1 aromatic heterocycles. The Morgan fingerprint density at radius 1 is 1.36 bits per heavy atom. The van der Waals surface area contributed by atoms with Gasteiger partial charge in [-0.1, -0.05) is 30.3 Å². The number of hydrogen-bond donors (Lipinski definition) is 2. The van der Waals surface area contributed by atoms with E-state index in [2.05, 4.69) is 44.9 Å². The molecule has 1 aliphatic heterocycles. The topological polar surface area (TPSA) is 71.4 Å². The Hall–Kier alpha value is -2.38. The Morgan fingerprint density at radius 3 is 3.00 bits per heavy atom. The van der Waals surface area contributed by atoms with Gasteiger partial charge in [-0.05, 0) is 12.0 Å². The molecule has 0 aliphatic carbocycles. The van der Waals surface area contributed by atoms with Crippen molar-refractivity contribution in [2.75, 3.05) is 32.1 Å². The van der Waals surface area contributed by atoms with Gasteiger partial charge in [0, 0.05) is 39.0 Å². The molecule has 1 atom stereocenters. The Labute approximate surface area is 148 Å². The van der Waals surface area contributed by atoms with Gasteiger partial charge in [0.25, 0.3) is 0 Å². The van der Waals surface area contributed by atoms with Crippen LogP contribution in [0, 0.1) is 0 Å². The Balaban J connectivity index is 1.42. The van der Waals surface area contributed by atoms with Crippen LogP contribution >= 0.6 is 0 Å². The number of nitrogens with zero attached hydrogens (tertiary/aromatic N) is 3. The molecular formula is C18H25N5O2. The fourth-order valence-corrected chi connectivity index (χ4v) is 3.02. The zero-order valence-corrected chi connectivity index (χ0v) is 14.5. The SMILES string of the molecule is COCCn1cc(NC(=O)N[C@@H]2CCN(Cc3ccccc3)C2)cn1. The van der Waals surface area contributed by atoms with Crippen molar-refractivity contribution >= 4 is 11.7 Å². The van der Waals surface area contributed by atoms with Crippen molar-refractivity contribution in [3.8, 4) is 0 Å². The summed E-state index contributed by atoms with van der Waals surface area (Å²) in [7, 11) is 1.65. The highest BCUT2D eigenvalue weighted by Gasteiger charge is 2.23. The van der Waals surface area contributed by atoms with E-state index in [0.717, 1.165) is 26.1 Å². The molecule has 0 bridgehead atoms. The first-order valence-corrected chi connectivity index (χ1v) is 8.58. The van der Waals surface area contributed by atoms with Crippen molar-refractivity contribution in [2.45, 2.75) is 25.6 Å². The highest BCUT2D eigenvalue weighted by molar-refractivity contribution is 5.89. The summed E-state index contributed by atoms with van der Waals surface area (Å²) in [6, 6.07) is 10.4. The van der Waals surface area contributed by atoms with Crippen LogP contribution in [0.4, 0.5) is 10.5 Å². The molecule has 0 saturated carbocycles. The van der Waals surface area contributed by atoms with E-state index >= 15 is 0 Å². The second-order valence-electron chi connectivity index (χ2n) is 6.29. The van der Waals surface area contributed by atoms with Crippen LogP contribution in [0.15, 0.2) is 42.7 Å². The Morgan fingerprint density at radius 2 is 2.20 bits per heavy atom. The van der Waals surface area contributed by atoms with E-state index < -0.39 is 0 Å². The third kappa shape index (κ3) is 5.30. The number of rotatable bonds is 7. The molecule has 0 radical (unpaired) electrons. The molecule has 2 N–H and O–H groups in total. The summed E-state index contributed by atoms with van der Waals surface area (Å²) >= 11 is 0. The summed E-state index contributed by atoms with van der Waals surface area (Å²) in [5, 5.41) is 10.1. The first-order chi connectivity index (χ1) is 12.2. The minimum absolute atomic E-state index is 0.173. The van der Waals surface area contributed by atoms with Gasteiger partial charge in [0.1, 0.15) is 0 Å². The summed E-state index contributed by atoms with van der Waals surface area (Å²) < 4.78 is 6.76. The fourth-order valence-electron chi connectivity index (χ4n) is 3.02. The van der Waals surface area contributed by atoms with Gasteiger partial charge in [-0.2, -0.15) is 5.10 Å². The minimum Gasteiger partial charge on any atom is -0.383 e. The van der Waals surface area contributed by atoms with Crippen molar-refractivity contribution in [1.82, 2.24) is 20.0 Å². The normalized spacial score (nSPS) is 17.6. The molecule has 3 rings (SSSR count). The van der Waals surface area contributed by atoms with E-state index in [-0.39, 0.29) is 12.1 Å². The van der Waals surface area contributed by atoms with Crippen LogP contribution in [-0.2, 0) is 17.8 Å². The van der Waals surface area contributed by atoms with Gasteiger partial charge >= 0.3 is 6.03 Å². The van der Waals surface area contributed by atoms with E-state index in [0.29, 0.717) is 18.8 Å². The first kappa shape index (κ1) is 17.4. The van der Waals surface area contributed by atoms with E-state index in [9.17, 15) is 4.79 Å². The summed E-state index contributed by atoms with van der Waals surface area (Å²) in [5.74, 6) is 0. The van der Waals surface area contributed by atoms with Crippen molar-refractivity contribution < 1.29 is 9.53 Å². The maximum Gasteiger partial charge on any atom is 0.319 e. The number of nitrogens with one attached hydrogen (secondary N) is 2. The van der Waals surface area contributed by atoms with Crippen molar-refractivity contribution in [3.05, 3.63) is 48.3 Å². The zero-order chi connectivity index (χ0) is 17.5. The summed E-state index contributed by atoms with van der Waals surface area (Å²) in [5.41, 5.74) is 1.99. The van der Waals surface area contributed by atoms with Gasteiger partial charge in [0.15, 0.2) is 0 Å². The average Bonchev–Trinajstić information content (AvgIpc) is 3.23. The van der Waals surface area contributed by atoms with E-state index in [1.54, 1.807) is 24.2 Å². The maximum absolute atomic E-state index is 12.2. The lowest BCUT2D eigenvalue weighted by Gasteiger charge is -2.16. The number of benzene rings is 1. The largest absolute Gasteiger partial charge is 0.383 e. The number of hydrogen-bond acceptors (Lipinski definition) is 4. The highest BCUT2D eigenvalue weighted by Crippen LogP contribution is 2.14. The quantitative estimate of drug-likeness (QED) is 0.806. The van der Waals surface area contributed by atoms with Gasteiger partial charge in [-0.25, -0.2) is 4.79 Å². The molecule has 1 fully saturated rings. The molecule has 2 heterocycles. The van der Waals surface area contributed by atoms with E-state index in [1.807, 2.05) is 6.07 Å². The number of carbonyl (C=O) groups excluding carboxylic acids is 1. The zero-order valence-electron chi connectivity index (χ0n) is 14.5. The first-order valence-electron chi connectivity index (χ1n) is 8.58. The Kier molecular flexibility index (Phi) is 6.03. The number of ether oxygens (including phenoxy) is 1. The van der Waals surface area contributed by atoms with E-state index in [4.69, 9.17) is 4.74 Å². The van der Waals surface area contributed by atoms with Crippen molar-refractivity contribution in [2.24, 2.45) is 0 Å².